The molecule has 106 valence electrons. The molecule has 4 heteroatoms. The number of nitrogens with zero attached hydrogens (tertiary/aromatic N) is 2. The molecule has 1 rings (SSSR count). The number of likely N-dealkylation sites (N-methyl/N-ethyl adjacent to an activating group) is 1. The summed E-state index contributed by atoms with van der Waals surface area (Å²) in [5.74, 6) is 0.0887. The van der Waals surface area contributed by atoms with Crippen molar-refractivity contribution < 1.29 is 9.90 Å². The zero-order valence-corrected chi connectivity index (χ0v) is 11.9. The van der Waals surface area contributed by atoms with Crippen LogP contribution in [-0.4, -0.2) is 54.1 Å². The highest BCUT2D eigenvalue weighted by Crippen LogP contribution is 2.03. The predicted octanol–water partition coefficient (Wildman–Crippen LogP) is 1.35. The summed E-state index contributed by atoms with van der Waals surface area (Å²) in [7, 11) is 1.82. The molecule has 1 aromatic carbocycles. The molecule has 1 N–H and O–H groups in total. The van der Waals surface area contributed by atoms with Crippen molar-refractivity contribution in [2.24, 2.45) is 0 Å². The van der Waals surface area contributed by atoms with E-state index in [1.807, 2.05) is 42.3 Å². The first-order valence-electron chi connectivity index (χ1n) is 6.78. The van der Waals surface area contributed by atoms with Crippen LogP contribution in [-0.2, 0) is 11.3 Å². The molecule has 0 atom stereocenters. The standard InChI is InChI=1S/C15H24N2O2/c1-3-9-17(10-11-18)13-15(19)16(2)12-14-7-5-4-6-8-14/h4-8,18H,3,9-13H2,1-2H3. The maximum Gasteiger partial charge on any atom is 0.236 e. The Hall–Kier alpha value is -1.39. The van der Waals surface area contributed by atoms with Crippen LogP contribution < -0.4 is 0 Å². The molecule has 0 aliphatic heterocycles. The molecule has 0 saturated carbocycles. The van der Waals surface area contributed by atoms with Gasteiger partial charge in [-0.1, -0.05) is 37.3 Å². The summed E-state index contributed by atoms with van der Waals surface area (Å²) in [5, 5.41) is 8.98. The molecule has 19 heavy (non-hydrogen) atoms. The summed E-state index contributed by atoms with van der Waals surface area (Å²) in [6.45, 7) is 4.55. The number of hydrogen-bond acceptors (Lipinski definition) is 3. The van der Waals surface area contributed by atoms with E-state index in [2.05, 4.69) is 6.92 Å². The molecule has 0 aliphatic rings. The fourth-order valence-corrected chi connectivity index (χ4v) is 1.99. The van der Waals surface area contributed by atoms with E-state index in [1.165, 1.54) is 0 Å². The lowest BCUT2D eigenvalue weighted by Gasteiger charge is -2.24. The molecule has 0 fully saturated rings. The van der Waals surface area contributed by atoms with Crippen LogP contribution >= 0.6 is 0 Å². The predicted molar refractivity (Wildman–Crippen MR) is 76.7 cm³/mol. The largest absolute Gasteiger partial charge is 0.395 e. The second-order valence-electron chi connectivity index (χ2n) is 4.74. The van der Waals surface area contributed by atoms with E-state index in [1.54, 1.807) is 4.90 Å². The average Bonchev–Trinajstić information content (AvgIpc) is 2.40. The molecule has 0 spiro atoms. The van der Waals surface area contributed by atoms with Gasteiger partial charge in [0.15, 0.2) is 0 Å². The second-order valence-corrected chi connectivity index (χ2v) is 4.74. The monoisotopic (exact) mass is 264 g/mol. The minimum Gasteiger partial charge on any atom is -0.395 e. The normalized spacial score (nSPS) is 10.7. The van der Waals surface area contributed by atoms with E-state index in [0.717, 1.165) is 18.5 Å². The Bertz CT molecular complexity index is 362. The lowest BCUT2D eigenvalue weighted by Crippen LogP contribution is -2.39. The Morgan fingerprint density at radius 1 is 1.21 bits per heavy atom. The van der Waals surface area contributed by atoms with Crippen LogP contribution in [0.1, 0.15) is 18.9 Å². The van der Waals surface area contributed by atoms with Crippen LogP contribution in [0.15, 0.2) is 30.3 Å². The maximum atomic E-state index is 12.1. The number of amides is 1. The molecule has 0 aromatic heterocycles. The lowest BCUT2D eigenvalue weighted by molar-refractivity contribution is -0.131. The van der Waals surface area contributed by atoms with Crippen LogP contribution in [0.25, 0.3) is 0 Å². The van der Waals surface area contributed by atoms with Crippen LogP contribution in [0.3, 0.4) is 0 Å². The molecule has 0 heterocycles. The summed E-state index contributed by atoms with van der Waals surface area (Å²) < 4.78 is 0. The number of benzene rings is 1. The Morgan fingerprint density at radius 2 is 1.89 bits per heavy atom. The molecule has 1 aromatic rings. The van der Waals surface area contributed by atoms with E-state index >= 15 is 0 Å². The fraction of sp³-hybridized carbons (Fsp3) is 0.533. The zero-order chi connectivity index (χ0) is 14.1. The van der Waals surface area contributed by atoms with Gasteiger partial charge < -0.3 is 10.0 Å². The van der Waals surface area contributed by atoms with Crippen LogP contribution in [0.2, 0.25) is 0 Å². The highest BCUT2D eigenvalue weighted by molar-refractivity contribution is 5.78. The van der Waals surface area contributed by atoms with E-state index in [9.17, 15) is 4.79 Å². The molecule has 1 amide bonds. The second kappa shape index (κ2) is 8.67. The van der Waals surface area contributed by atoms with Gasteiger partial charge >= 0.3 is 0 Å². The fourth-order valence-electron chi connectivity index (χ4n) is 1.99. The van der Waals surface area contributed by atoms with Gasteiger partial charge in [0.25, 0.3) is 0 Å². The SMILES string of the molecule is CCCN(CCO)CC(=O)N(C)Cc1ccccc1. The van der Waals surface area contributed by atoms with Gasteiger partial charge in [-0.2, -0.15) is 0 Å². The van der Waals surface area contributed by atoms with Gasteiger partial charge in [0.2, 0.25) is 5.91 Å². The van der Waals surface area contributed by atoms with E-state index in [-0.39, 0.29) is 12.5 Å². The Morgan fingerprint density at radius 3 is 2.47 bits per heavy atom. The van der Waals surface area contributed by atoms with Gasteiger partial charge in [-0.25, -0.2) is 0 Å². The summed E-state index contributed by atoms with van der Waals surface area (Å²) in [4.78, 5) is 15.8. The number of aliphatic hydroxyl groups is 1. The number of hydrogen-bond donors (Lipinski definition) is 1. The quantitative estimate of drug-likeness (QED) is 0.771. The number of carbonyl (C=O) groups excluding carboxylic acids is 1. The van der Waals surface area contributed by atoms with Gasteiger partial charge in [-0.05, 0) is 18.5 Å². The molecular weight excluding hydrogens is 240 g/mol. The van der Waals surface area contributed by atoms with Gasteiger partial charge in [-0.3, -0.25) is 9.69 Å². The highest BCUT2D eigenvalue weighted by Gasteiger charge is 2.13. The molecule has 0 unspecified atom stereocenters. The van der Waals surface area contributed by atoms with Crippen molar-refractivity contribution in [3.8, 4) is 0 Å². The third-order valence-electron chi connectivity index (χ3n) is 3.00. The van der Waals surface area contributed by atoms with Crippen molar-refractivity contribution in [1.29, 1.82) is 0 Å². The first kappa shape index (κ1) is 15.7. The van der Waals surface area contributed by atoms with Gasteiger partial charge in [0, 0.05) is 20.1 Å². The first-order valence-corrected chi connectivity index (χ1v) is 6.78. The molecule has 0 radical (unpaired) electrons. The van der Waals surface area contributed by atoms with Gasteiger partial charge in [-0.15, -0.1) is 0 Å². The Kier molecular flexibility index (Phi) is 7.15. The van der Waals surface area contributed by atoms with Crippen molar-refractivity contribution in [2.45, 2.75) is 19.9 Å². The number of aliphatic hydroxyl groups excluding tert-OH is 1. The van der Waals surface area contributed by atoms with Crippen molar-refractivity contribution in [3.05, 3.63) is 35.9 Å². The minimum atomic E-state index is 0.0887. The molecule has 4 nitrogen and oxygen atoms in total. The summed E-state index contributed by atoms with van der Waals surface area (Å²) in [6.07, 6.45) is 0.982. The van der Waals surface area contributed by atoms with Crippen LogP contribution in [0.5, 0.6) is 0 Å². The van der Waals surface area contributed by atoms with Gasteiger partial charge in [0.1, 0.15) is 0 Å². The molecule has 0 aliphatic carbocycles. The van der Waals surface area contributed by atoms with E-state index in [0.29, 0.717) is 19.6 Å². The average molecular weight is 264 g/mol. The third kappa shape index (κ3) is 5.85. The molecule has 0 saturated heterocycles. The summed E-state index contributed by atoms with van der Waals surface area (Å²) in [6, 6.07) is 9.95. The Labute approximate surface area is 115 Å². The third-order valence-corrected chi connectivity index (χ3v) is 3.00. The Balaban J connectivity index is 2.47. The van der Waals surface area contributed by atoms with Crippen molar-refractivity contribution in [3.63, 3.8) is 0 Å². The van der Waals surface area contributed by atoms with Crippen LogP contribution in [0.4, 0.5) is 0 Å². The highest BCUT2D eigenvalue weighted by atomic mass is 16.3. The van der Waals surface area contributed by atoms with E-state index < -0.39 is 0 Å². The lowest BCUT2D eigenvalue weighted by atomic mass is 10.2. The molecular formula is C15H24N2O2. The maximum absolute atomic E-state index is 12.1. The number of carbonyl (C=O) groups is 1. The molecule has 0 bridgehead atoms. The topological polar surface area (TPSA) is 43.8 Å². The smallest absolute Gasteiger partial charge is 0.236 e. The van der Waals surface area contributed by atoms with Crippen molar-refractivity contribution >= 4 is 5.91 Å². The van der Waals surface area contributed by atoms with Crippen LogP contribution in [0, 0.1) is 0 Å². The zero-order valence-electron chi connectivity index (χ0n) is 11.9. The van der Waals surface area contributed by atoms with Crippen molar-refractivity contribution in [2.75, 3.05) is 33.3 Å². The summed E-state index contributed by atoms with van der Waals surface area (Å²) in [5.41, 5.74) is 1.13. The van der Waals surface area contributed by atoms with Crippen molar-refractivity contribution in [1.82, 2.24) is 9.80 Å². The minimum absolute atomic E-state index is 0.0887. The van der Waals surface area contributed by atoms with E-state index in [4.69, 9.17) is 5.11 Å². The summed E-state index contributed by atoms with van der Waals surface area (Å²) >= 11 is 0. The number of rotatable bonds is 8. The van der Waals surface area contributed by atoms with Gasteiger partial charge in [0.05, 0.1) is 13.2 Å². The first-order chi connectivity index (χ1) is 9.17.